The first-order valence-electron chi connectivity index (χ1n) is 8.51. The van der Waals surface area contributed by atoms with Gasteiger partial charge in [-0.25, -0.2) is 4.98 Å². The van der Waals surface area contributed by atoms with Crippen LogP contribution in [0.3, 0.4) is 0 Å². The summed E-state index contributed by atoms with van der Waals surface area (Å²) in [5, 5.41) is 0. The predicted octanol–water partition coefficient (Wildman–Crippen LogP) is 3.08. The molecule has 0 radical (unpaired) electrons. The van der Waals surface area contributed by atoms with Crippen molar-refractivity contribution in [3.05, 3.63) is 47.9 Å². The molecule has 1 aliphatic heterocycles. The lowest BCUT2D eigenvalue weighted by Gasteiger charge is -2.32. The molecule has 0 saturated carbocycles. The monoisotopic (exact) mass is 327 g/mol. The topological polar surface area (TPSA) is 47.5 Å². The quantitative estimate of drug-likeness (QED) is 0.816. The van der Waals surface area contributed by atoms with Gasteiger partial charge in [-0.15, -0.1) is 0 Å². The Morgan fingerprint density at radius 1 is 1.21 bits per heavy atom. The van der Waals surface area contributed by atoms with Gasteiger partial charge in [-0.3, -0.25) is 9.88 Å². The highest BCUT2D eigenvalue weighted by Gasteiger charge is 2.22. The lowest BCUT2D eigenvalue weighted by Crippen LogP contribution is -2.37. The normalized spacial score (nSPS) is 18.3. The fourth-order valence-electron chi connectivity index (χ4n) is 3.20. The van der Waals surface area contributed by atoms with Crippen molar-refractivity contribution in [1.82, 2.24) is 14.9 Å². The Balaban J connectivity index is 1.55. The maximum atomic E-state index is 6.04. The Kier molecular flexibility index (Phi) is 5.64. The van der Waals surface area contributed by atoms with Crippen LogP contribution in [0, 0.1) is 12.8 Å². The molecule has 1 unspecified atom stereocenters. The van der Waals surface area contributed by atoms with E-state index in [2.05, 4.69) is 27.9 Å². The number of nitrogens with zero attached hydrogens (tertiary/aromatic N) is 3. The Labute approximate surface area is 143 Å². The van der Waals surface area contributed by atoms with E-state index in [0.29, 0.717) is 11.8 Å². The van der Waals surface area contributed by atoms with E-state index >= 15 is 0 Å². The molecule has 0 N–H and O–H groups in total. The smallest absolute Gasteiger partial charge is 0.236 e. The van der Waals surface area contributed by atoms with Gasteiger partial charge >= 0.3 is 0 Å². The summed E-state index contributed by atoms with van der Waals surface area (Å²) < 4.78 is 11.3. The molecule has 128 valence electrons. The molecule has 0 spiro atoms. The lowest BCUT2D eigenvalue weighted by molar-refractivity contribution is 0.122. The van der Waals surface area contributed by atoms with Crippen LogP contribution >= 0.6 is 0 Å². The van der Waals surface area contributed by atoms with Gasteiger partial charge in [0.25, 0.3) is 0 Å². The van der Waals surface area contributed by atoms with Crippen molar-refractivity contribution in [2.45, 2.75) is 26.3 Å². The van der Waals surface area contributed by atoms with Crippen LogP contribution in [0.2, 0.25) is 0 Å². The number of piperidine rings is 1. The summed E-state index contributed by atoms with van der Waals surface area (Å²) >= 11 is 0. The molecule has 3 rings (SSSR count). The molecule has 0 amide bonds. The molecule has 5 heteroatoms. The first-order chi connectivity index (χ1) is 11.8. The summed E-state index contributed by atoms with van der Waals surface area (Å²) in [7, 11) is 1.64. The Morgan fingerprint density at radius 2 is 2.04 bits per heavy atom. The summed E-state index contributed by atoms with van der Waals surface area (Å²) in [5.74, 6) is 2.15. The number of hydrogen-bond donors (Lipinski definition) is 0. The Morgan fingerprint density at radius 3 is 2.88 bits per heavy atom. The number of hydrogen-bond acceptors (Lipinski definition) is 5. The van der Waals surface area contributed by atoms with Crippen LogP contribution in [0.4, 0.5) is 0 Å². The zero-order chi connectivity index (χ0) is 16.8. The predicted molar refractivity (Wildman–Crippen MR) is 93.3 cm³/mol. The van der Waals surface area contributed by atoms with Gasteiger partial charge in [0.05, 0.1) is 13.7 Å². The third-order valence-electron chi connectivity index (χ3n) is 4.47. The number of aromatic nitrogens is 2. The van der Waals surface area contributed by atoms with Crippen molar-refractivity contribution in [1.29, 1.82) is 0 Å². The van der Waals surface area contributed by atoms with Gasteiger partial charge < -0.3 is 9.47 Å². The zero-order valence-electron chi connectivity index (χ0n) is 14.4. The van der Waals surface area contributed by atoms with E-state index in [-0.39, 0.29) is 0 Å². The van der Waals surface area contributed by atoms with E-state index in [1.54, 1.807) is 19.5 Å². The standard InChI is InChI=1S/C19H25N3O2/c1-15-6-3-4-8-18(15)24-14-16-7-5-11-22(12-16)13-17-19(23-2)21-10-9-20-17/h3-4,6,8-10,16H,5,7,11-14H2,1-2H3. The number of para-hydroxylation sites is 1. The van der Waals surface area contributed by atoms with E-state index in [0.717, 1.165) is 37.7 Å². The molecule has 1 aliphatic rings. The Hall–Kier alpha value is -2.14. The zero-order valence-corrected chi connectivity index (χ0v) is 14.4. The molecule has 0 aliphatic carbocycles. The van der Waals surface area contributed by atoms with Gasteiger partial charge in [0.1, 0.15) is 11.4 Å². The summed E-state index contributed by atoms with van der Waals surface area (Å²) in [5.41, 5.74) is 2.09. The highest BCUT2D eigenvalue weighted by Crippen LogP contribution is 2.23. The number of rotatable bonds is 6. The molecule has 1 fully saturated rings. The van der Waals surface area contributed by atoms with Crippen molar-refractivity contribution in [2.75, 3.05) is 26.8 Å². The second kappa shape index (κ2) is 8.11. The molecular formula is C19H25N3O2. The van der Waals surface area contributed by atoms with Crippen molar-refractivity contribution in [3.63, 3.8) is 0 Å². The van der Waals surface area contributed by atoms with Gasteiger partial charge in [0.2, 0.25) is 5.88 Å². The highest BCUT2D eigenvalue weighted by molar-refractivity contribution is 5.31. The van der Waals surface area contributed by atoms with Crippen LogP contribution < -0.4 is 9.47 Å². The number of likely N-dealkylation sites (tertiary alicyclic amines) is 1. The van der Waals surface area contributed by atoms with E-state index in [4.69, 9.17) is 9.47 Å². The Bertz CT molecular complexity index is 663. The minimum atomic E-state index is 0.543. The fraction of sp³-hybridized carbons (Fsp3) is 0.474. The largest absolute Gasteiger partial charge is 0.493 e. The van der Waals surface area contributed by atoms with Gasteiger partial charge in [-0.05, 0) is 37.9 Å². The van der Waals surface area contributed by atoms with Crippen LogP contribution in [-0.4, -0.2) is 41.7 Å². The SMILES string of the molecule is COc1nccnc1CN1CCCC(COc2ccccc2C)C1. The summed E-state index contributed by atoms with van der Waals surface area (Å²) in [4.78, 5) is 11.1. The number of ether oxygens (including phenoxy) is 2. The third kappa shape index (κ3) is 4.23. The number of aryl methyl sites for hydroxylation is 1. The van der Waals surface area contributed by atoms with Crippen LogP contribution in [0.15, 0.2) is 36.7 Å². The minimum absolute atomic E-state index is 0.543. The van der Waals surface area contributed by atoms with Crippen molar-refractivity contribution >= 4 is 0 Å². The molecule has 1 aromatic carbocycles. The molecular weight excluding hydrogens is 302 g/mol. The van der Waals surface area contributed by atoms with Crippen molar-refractivity contribution in [2.24, 2.45) is 5.92 Å². The second-order valence-electron chi connectivity index (χ2n) is 6.33. The van der Waals surface area contributed by atoms with Gasteiger partial charge in [0.15, 0.2) is 0 Å². The van der Waals surface area contributed by atoms with Crippen LogP contribution in [-0.2, 0) is 6.54 Å². The third-order valence-corrected chi connectivity index (χ3v) is 4.47. The molecule has 5 nitrogen and oxygen atoms in total. The van der Waals surface area contributed by atoms with Gasteiger partial charge in [0, 0.05) is 31.4 Å². The first kappa shape index (κ1) is 16.7. The molecule has 1 aromatic heterocycles. The highest BCUT2D eigenvalue weighted by atomic mass is 16.5. The summed E-state index contributed by atoms with van der Waals surface area (Å²) in [6.45, 7) is 5.73. The van der Waals surface area contributed by atoms with Gasteiger partial charge in [-0.1, -0.05) is 18.2 Å². The van der Waals surface area contributed by atoms with Crippen LogP contribution in [0.25, 0.3) is 0 Å². The van der Waals surface area contributed by atoms with Crippen LogP contribution in [0.1, 0.15) is 24.1 Å². The van der Waals surface area contributed by atoms with E-state index in [1.165, 1.54) is 18.4 Å². The number of methoxy groups -OCH3 is 1. The van der Waals surface area contributed by atoms with E-state index < -0.39 is 0 Å². The van der Waals surface area contributed by atoms with Crippen molar-refractivity contribution in [3.8, 4) is 11.6 Å². The van der Waals surface area contributed by atoms with E-state index in [9.17, 15) is 0 Å². The molecule has 24 heavy (non-hydrogen) atoms. The lowest BCUT2D eigenvalue weighted by atomic mass is 9.99. The van der Waals surface area contributed by atoms with E-state index in [1.807, 2.05) is 18.2 Å². The maximum absolute atomic E-state index is 6.04. The second-order valence-corrected chi connectivity index (χ2v) is 6.33. The molecule has 0 bridgehead atoms. The van der Waals surface area contributed by atoms with Crippen molar-refractivity contribution < 1.29 is 9.47 Å². The fourth-order valence-corrected chi connectivity index (χ4v) is 3.20. The average Bonchev–Trinajstić information content (AvgIpc) is 2.62. The molecule has 2 aromatic rings. The summed E-state index contributed by atoms with van der Waals surface area (Å²) in [6, 6.07) is 8.19. The minimum Gasteiger partial charge on any atom is -0.493 e. The molecule has 2 heterocycles. The average molecular weight is 327 g/mol. The number of benzene rings is 1. The van der Waals surface area contributed by atoms with Gasteiger partial charge in [-0.2, -0.15) is 0 Å². The van der Waals surface area contributed by atoms with Crippen LogP contribution in [0.5, 0.6) is 11.6 Å². The molecule has 1 saturated heterocycles. The summed E-state index contributed by atoms with van der Waals surface area (Å²) in [6.07, 6.45) is 5.78. The maximum Gasteiger partial charge on any atom is 0.236 e. The molecule has 1 atom stereocenters. The first-order valence-corrected chi connectivity index (χ1v) is 8.51.